The summed E-state index contributed by atoms with van der Waals surface area (Å²) in [6.45, 7) is 0.909. The van der Waals surface area contributed by atoms with Crippen LogP contribution in [-0.2, 0) is 24.4 Å². The number of hydrogen-bond donors (Lipinski definition) is 1. The summed E-state index contributed by atoms with van der Waals surface area (Å²) in [4.78, 5) is 26.2. The zero-order valence-electron chi connectivity index (χ0n) is 20.5. The Labute approximate surface area is 216 Å². The van der Waals surface area contributed by atoms with E-state index in [0.29, 0.717) is 25.1 Å². The van der Waals surface area contributed by atoms with Gasteiger partial charge in [-0.1, -0.05) is 48.5 Å². The highest BCUT2D eigenvalue weighted by Gasteiger charge is 2.33. The lowest BCUT2D eigenvalue weighted by Crippen LogP contribution is -2.33. The van der Waals surface area contributed by atoms with Gasteiger partial charge < -0.3 is 19.2 Å². The lowest BCUT2D eigenvalue weighted by molar-refractivity contribution is -0.136. The normalized spacial score (nSPS) is 12.8. The van der Waals surface area contributed by atoms with E-state index in [-0.39, 0.29) is 18.4 Å². The lowest BCUT2D eigenvalue weighted by Gasteiger charge is -2.24. The van der Waals surface area contributed by atoms with E-state index in [0.717, 1.165) is 46.6 Å². The summed E-state index contributed by atoms with van der Waals surface area (Å²) in [5.74, 6) is 0.727. The first-order chi connectivity index (χ1) is 18.1. The Morgan fingerprint density at radius 1 is 0.892 bits per heavy atom. The number of rotatable bonds is 11. The Bertz CT molecular complexity index is 1340. The first-order valence-corrected chi connectivity index (χ1v) is 12.5. The molecule has 3 aromatic carbocycles. The van der Waals surface area contributed by atoms with Crippen LogP contribution in [0, 0.1) is 0 Å². The van der Waals surface area contributed by atoms with Crippen LogP contribution in [0.15, 0.2) is 95.6 Å². The van der Waals surface area contributed by atoms with Gasteiger partial charge in [0.05, 0.1) is 6.26 Å². The number of hydrogen-bond acceptors (Lipinski definition) is 4. The fourth-order valence-corrected chi connectivity index (χ4v) is 4.34. The predicted molar refractivity (Wildman–Crippen MR) is 140 cm³/mol. The first kappa shape index (κ1) is 24.4. The van der Waals surface area contributed by atoms with Gasteiger partial charge in [-0.05, 0) is 72.4 Å². The highest BCUT2D eigenvalue weighted by molar-refractivity contribution is 5.95. The van der Waals surface area contributed by atoms with E-state index < -0.39 is 5.97 Å². The molecule has 0 spiro atoms. The number of carbonyl (C=O) groups excluding carboxylic acids is 1. The molecule has 0 aliphatic heterocycles. The number of aryl methyl sites for hydroxylation is 1. The van der Waals surface area contributed by atoms with Gasteiger partial charge in [0.25, 0.3) is 5.91 Å². The third-order valence-corrected chi connectivity index (χ3v) is 6.59. The molecule has 0 bridgehead atoms. The largest absolute Gasteiger partial charge is 0.489 e. The maximum Gasteiger partial charge on any atom is 0.303 e. The molecule has 1 heterocycles. The van der Waals surface area contributed by atoms with Gasteiger partial charge in [-0.3, -0.25) is 9.59 Å². The van der Waals surface area contributed by atoms with Crippen LogP contribution >= 0.6 is 0 Å². The van der Waals surface area contributed by atoms with Crippen molar-refractivity contribution in [1.29, 1.82) is 0 Å². The van der Waals surface area contributed by atoms with Gasteiger partial charge in [0, 0.05) is 30.1 Å². The van der Waals surface area contributed by atoms with Crippen molar-refractivity contribution in [3.8, 4) is 17.1 Å². The molecule has 0 atom stereocenters. The van der Waals surface area contributed by atoms with Gasteiger partial charge in [-0.15, -0.1) is 0 Å². The van der Waals surface area contributed by atoms with E-state index in [9.17, 15) is 9.59 Å². The third-order valence-electron chi connectivity index (χ3n) is 6.59. The molecule has 0 radical (unpaired) electrons. The average Bonchev–Trinajstić information content (AvgIpc) is 3.62. The Balaban J connectivity index is 1.25. The fourth-order valence-electron chi connectivity index (χ4n) is 4.34. The molecule has 188 valence electrons. The molecule has 0 unspecified atom stereocenters. The van der Waals surface area contributed by atoms with Gasteiger partial charge in [-0.2, -0.15) is 0 Å². The minimum Gasteiger partial charge on any atom is -0.489 e. The maximum absolute atomic E-state index is 13.5. The van der Waals surface area contributed by atoms with Gasteiger partial charge in [0.15, 0.2) is 0 Å². The summed E-state index contributed by atoms with van der Waals surface area (Å²) in [5.41, 5.74) is 4.67. The number of carboxylic acid groups (broad SMARTS) is 1. The number of aliphatic carboxylic acids is 1. The van der Waals surface area contributed by atoms with E-state index in [1.165, 1.54) is 0 Å². The van der Waals surface area contributed by atoms with E-state index >= 15 is 0 Å². The standard InChI is InChI=1S/C31H29NO5/c33-30(34)18-9-22-7-16-28(17-8-22)37-21-26-5-2-1-4-25(26)20-32(27-14-15-27)31(35)24-12-10-23(11-13-24)29-6-3-19-36-29/h1-8,10-13,16-17,19,27H,9,14-15,18,20-21H2,(H,33,34). The van der Waals surface area contributed by atoms with Crippen LogP contribution in [0.25, 0.3) is 11.3 Å². The first-order valence-electron chi connectivity index (χ1n) is 12.5. The zero-order chi connectivity index (χ0) is 25.6. The smallest absolute Gasteiger partial charge is 0.303 e. The van der Waals surface area contributed by atoms with Crippen LogP contribution in [0.5, 0.6) is 5.75 Å². The monoisotopic (exact) mass is 495 g/mol. The quantitative estimate of drug-likeness (QED) is 0.262. The summed E-state index contributed by atoms with van der Waals surface area (Å²) >= 11 is 0. The minimum atomic E-state index is -0.804. The van der Waals surface area contributed by atoms with Crippen LogP contribution in [0.2, 0.25) is 0 Å². The van der Waals surface area contributed by atoms with Crippen molar-refractivity contribution in [2.45, 2.75) is 44.9 Å². The number of benzene rings is 3. The van der Waals surface area contributed by atoms with Gasteiger partial charge in [0.2, 0.25) is 0 Å². The molecule has 1 aliphatic carbocycles. The van der Waals surface area contributed by atoms with Crippen molar-refractivity contribution in [2.24, 2.45) is 0 Å². The van der Waals surface area contributed by atoms with E-state index in [1.807, 2.05) is 83.8 Å². The van der Waals surface area contributed by atoms with Gasteiger partial charge in [0.1, 0.15) is 18.1 Å². The number of nitrogens with zero attached hydrogens (tertiary/aromatic N) is 1. The molecule has 1 N–H and O–H groups in total. The summed E-state index contributed by atoms with van der Waals surface area (Å²) in [7, 11) is 0. The van der Waals surface area contributed by atoms with Crippen LogP contribution in [0.1, 0.15) is 46.3 Å². The molecule has 1 aliphatic rings. The van der Waals surface area contributed by atoms with Crippen LogP contribution in [0.4, 0.5) is 0 Å². The molecule has 0 saturated heterocycles. The molecule has 1 saturated carbocycles. The van der Waals surface area contributed by atoms with Crippen LogP contribution in [0.3, 0.4) is 0 Å². The Morgan fingerprint density at radius 3 is 2.27 bits per heavy atom. The second-order valence-electron chi connectivity index (χ2n) is 9.31. The molecular formula is C31H29NO5. The molecule has 6 heteroatoms. The molecule has 5 rings (SSSR count). The highest BCUT2D eigenvalue weighted by Crippen LogP contribution is 2.31. The van der Waals surface area contributed by atoms with Gasteiger partial charge >= 0.3 is 5.97 Å². The van der Waals surface area contributed by atoms with Crippen LogP contribution < -0.4 is 4.74 Å². The third kappa shape index (κ3) is 6.28. The summed E-state index contributed by atoms with van der Waals surface area (Å²) in [6, 6.07) is 27.2. The molecule has 1 aromatic heterocycles. The number of furan rings is 1. The van der Waals surface area contributed by atoms with Crippen molar-refractivity contribution in [1.82, 2.24) is 4.90 Å². The Morgan fingerprint density at radius 2 is 1.62 bits per heavy atom. The topological polar surface area (TPSA) is 80.0 Å². The molecule has 6 nitrogen and oxygen atoms in total. The summed E-state index contributed by atoms with van der Waals surface area (Å²) in [5, 5.41) is 8.86. The van der Waals surface area contributed by atoms with E-state index in [1.54, 1.807) is 6.26 Å². The second kappa shape index (κ2) is 11.2. The van der Waals surface area contributed by atoms with E-state index in [4.69, 9.17) is 14.3 Å². The van der Waals surface area contributed by atoms with Crippen molar-refractivity contribution < 1.29 is 23.8 Å². The molecular weight excluding hydrogens is 466 g/mol. The number of ether oxygens (including phenoxy) is 1. The maximum atomic E-state index is 13.5. The fraction of sp³-hybridized carbons (Fsp3) is 0.226. The van der Waals surface area contributed by atoms with Crippen molar-refractivity contribution in [3.63, 3.8) is 0 Å². The average molecular weight is 496 g/mol. The minimum absolute atomic E-state index is 0.0289. The highest BCUT2D eigenvalue weighted by atomic mass is 16.5. The molecule has 1 amide bonds. The number of amides is 1. The molecule has 4 aromatic rings. The number of carbonyl (C=O) groups is 2. The van der Waals surface area contributed by atoms with Crippen molar-refractivity contribution in [3.05, 3.63) is 113 Å². The zero-order valence-corrected chi connectivity index (χ0v) is 20.5. The molecule has 1 fully saturated rings. The Hall–Kier alpha value is -4.32. The second-order valence-corrected chi connectivity index (χ2v) is 9.31. The van der Waals surface area contributed by atoms with Crippen molar-refractivity contribution >= 4 is 11.9 Å². The molecule has 37 heavy (non-hydrogen) atoms. The van der Waals surface area contributed by atoms with Crippen LogP contribution in [-0.4, -0.2) is 27.9 Å². The predicted octanol–water partition coefficient (Wildman–Crippen LogP) is 6.35. The number of carboxylic acids is 1. The summed E-state index contributed by atoms with van der Waals surface area (Å²) < 4.78 is 11.5. The van der Waals surface area contributed by atoms with Crippen molar-refractivity contribution in [2.75, 3.05) is 0 Å². The summed E-state index contributed by atoms with van der Waals surface area (Å²) in [6.07, 6.45) is 4.28. The van der Waals surface area contributed by atoms with E-state index in [2.05, 4.69) is 6.07 Å². The van der Waals surface area contributed by atoms with Gasteiger partial charge in [-0.25, -0.2) is 0 Å². The lowest BCUT2D eigenvalue weighted by atomic mass is 10.1. The Kier molecular flexibility index (Phi) is 7.36. The SMILES string of the molecule is O=C(O)CCc1ccc(OCc2ccccc2CN(C(=O)c2ccc(-c3ccco3)cc2)C2CC2)cc1.